The highest BCUT2D eigenvalue weighted by Crippen LogP contribution is 2.43. The molecule has 7 heteroatoms. The van der Waals surface area contributed by atoms with Gasteiger partial charge in [0.25, 0.3) is 14.2 Å². The van der Waals surface area contributed by atoms with Gasteiger partial charge in [-0.1, -0.05) is 99.6 Å². The van der Waals surface area contributed by atoms with Gasteiger partial charge < -0.3 is 9.16 Å². The van der Waals surface area contributed by atoms with E-state index in [0.717, 1.165) is 22.1 Å². The van der Waals surface area contributed by atoms with Crippen LogP contribution in [0.25, 0.3) is 0 Å². The maximum atomic E-state index is 14.9. The SMILES string of the molecule is CC(C)(C)[Si](OC[C@H]1SCC(F)(F)[C@@H]1OC(=O)c1ccccc1)(c1ccccc1)c1ccccc1. The summed E-state index contributed by atoms with van der Waals surface area (Å²) >= 11 is 1.11. The van der Waals surface area contributed by atoms with Gasteiger partial charge in [0.15, 0.2) is 6.10 Å². The molecule has 0 aromatic heterocycles. The number of carbonyl (C=O) groups is 1. The molecule has 0 saturated carbocycles. The third-order valence-corrected chi connectivity index (χ3v) is 12.7. The topological polar surface area (TPSA) is 35.5 Å². The number of ether oxygens (including phenoxy) is 1. The number of rotatable bonds is 7. The van der Waals surface area contributed by atoms with Gasteiger partial charge in [0.1, 0.15) is 0 Å². The average Bonchev–Trinajstić information content (AvgIpc) is 3.13. The Kier molecular flexibility index (Phi) is 7.50. The minimum absolute atomic E-state index is 0.0558. The van der Waals surface area contributed by atoms with Crippen LogP contribution in [0.3, 0.4) is 0 Å². The molecule has 0 N–H and O–H groups in total. The summed E-state index contributed by atoms with van der Waals surface area (Å²) in [5.41, 5.74) is 0.256. The highest BCUT2D eigenvalue weighted by molar-refractivity contribution is 8.00. The lowest BCUT2D eigenvalue weighted by atomic mass is 10.1. The van der Waals surface area contributed by atoms with Gasteiger partial charge >= 0.3 is 5.97 Å². The lowest BCUT2D eigenvalue weighted by Crippen LogP contribution is -2.67. The summed E-state index contributed by atoms with van der Waals surface area (Å²) in [7, 11) is -2.90. The van der Waals surface area contributed by atoms with Crippen molar-refractivity contribution in [3.63, 3.8) is 0 Å². The average molecular weight is 513 g/mol. The second kappa shape index (κ2) is 10.2. The zero-order valence-electron chi connectivity index (χ0n) is 20.1. The smallest absolute Gasteiger partial charge is 0.338 e. The van der Waals surface area contributed by atoms with E-state index >= 15 is 0 Å². The summed E-state index contributed by atoms with van der Waals surface area (Å²) in [5, 5.41) is 1.19. The maximum Gasteiger partial charge on any atom is 0.338 e. The van der Waals surface area contributed by atoms with Crippen LogP contribution in [0.4, 0.5) is 8.78 Å². The van der Waals surface area contributed by atoms with Crippen LogP contribution in [0.2, 0.25) is 5.04 Å². The van der Waals surface area contributed by atoms with Crippen molar-refractivity contribution >= 4 is 36.4 Å². The van der Waals surface area contributed by atoms with E-state index in [0.29, 0.717) is 0 Å². The second-order valence-electron chi connectivity index (χ2n) is 9.78. The molecule has 1 fully saturated rings. The molecule has 1 heterocycles. The zero-order chi connectivity index (χ0) is 25.1. The maximum absolute atomic E-state index is 14.9. The normalized spacial score (nSPS) is 19.9. The molecule has 35 heavy (non-hydrogen) atoms. The number of carbonyl (C=O) groups excluding carboxylic acids is 1. The summed E-state index contributed by atoms with van der Waals surface area (Å²) < 4.78 is 42.1. The molecular weight excluding hydrogens is 482 g/mol. The quantitative estimate of drug-likeness (QED) is 0.308. The van der Waals surface area contributed by atoms with E-state index in [-0.39, 0.29) is 17.2 Å². The lowest BCUT2D eigenvalue weighted by Gasteiger charge is -2.43. The van der Waals surface area contributed by atoms with E-state index in [4.69, 9.17) is 9.16 Å². The Morgan fingerprint density at radius 2 is 1.40 bits per heavy atom. The number of hydrogen-bond acceptors (Lipinski definition) is 4. The molecule has 4 rings (SSSR count). The van der Waals surface area contributed by atoms with Crippen molar-refractivity contribution in [1.82, 2.24) is 0 Å². The largest absolute Gasteiger partial charge is 0.451 e. The Morgan fingerprint density at radius 1 is 0.914 bits per heavy atom. The van der Waals surface area contributed by atoms with Crippen molar-refractivity contribution in [3.8, 4) is 0 Å². The fourth-order valence-electron chi connectivity index (χ4n) is 4.68. The lowest BCUT2D eigenvalue weighted by molar-refractivity contribution is -0.0936. The first-order valence-electron chi connectivity index (χ1n) is 11.7. The van der Waals surface area contributed by atoms with E-state index in [2.05, 4.69) is 45.0 Å². The molecule has 1 aliphatic heterocycles. The number of halogens is 2. The van der Waals surface area contributed by atoms with Crippen LogP contribution in [0, 0.1) is 0 Å². The van der Waals surface area contributed by atoms with Gasteiger partial charge in [-0.3, -0.25) is 0 Å². The molecular formula is C28H30F2O3SSi. The summed E-state index contributed by atoms with van der Waals surface area (Å²) in [4.78, 5) is 12.6. The van der Waals surface area contributed by atoms with Crippen LogP contribution in [0.15, 0.2) is 91.0 Å². The van der Waals surface area contributed by atoms with Crippen molar-refractivity contribution in [2.45, 2.75) is 43.1 Å². The number of thioether (sulfide) groups is 1. The van der Waals surface area contributed by atoms with Crippen LogP contribution >= 0.6 is 11.8 Å². The third-order valence-electron chi connectivity index (χ3n) is 6.37. The molecule has 0 bridgehead atoms. The summed E-state index contributed by atoms with van der Waals surface area (Å²) in [6.07, 6.45) is -1.56. The summed E-state index contributed by atoms with van der Waals surface area (Å²) in [5.74, 6) is -4.28. The van der Waals surface area contributed by atoms with Gasteiger partial charge in [0.05, 0.1) is 23.2 Å². The molecule has 0 unspecified atom stereocenters. The Labute approximate surface area is 211 Å². The van der Waals surface area contributed by atoms with Crippen LogP contribution in [-0.4, -0.2) is 43.9 Å². The first-order valence-corrected chi connectivity index (χ1v) is 14.6. The molecule has 3 aromatic carbocycles. The van der Waals surface area contributed by atoms with Crippen molar-refractivity contribution in [1.29, 1.82) is 0 Å². The van der Waals surface area contributed by atoms with Crippen molar-refractivity contribution in [2.75, 3.05) is 12.4 Å². The standard InChI is InChI=1S/C28H30F2O3SSi/c1-27(2,3)35(22-15-9-5-10-16-22,23-17-11-6-12-18-23)32-19-24-25(28(29,30)20-34-24)33-26(31)21-13-7-4-8-14-21/h4-18,24-25H,19-20H2,1-3H3/t24-,25-/m1/s1. The fourth-order valence-corrected chi connectivity index (χ4v) is 10.6. The monoisotopic (exact) mass is 512 g/mol. The molecule has 2 atom stereocenters. The summed E-state index contributed by atoms with van der Waals surface area (Å²) in [6.45, 7) is 6.48. The fraction of sp³-hybridized carbons (Fsp3) is 0.321. The van der Waals surface area contributed by atoms with Crippen LogP contribution in [-0.2, 0) is 9.16 Å². The van der Waals surface area contributed by atoms with Gasteiger partial charge in [-0.25, -0.2) is 13.6 Å². The van der Waals surface area contributed by atoms with Crippen LogP contribution in [0.5, 0.6) is 0 Å². The Morgan fingerprint density at radius 3 is 1.89 bits per heavy atom. The van der Waals surface area contributed by atoms with Gasteiger partial charge in [-0.15, -0.1) is 11.8 Å². The molecule has 0 amide bonds. The highest BCUT2D eigenvalue weighted by atomic mass is 32.2. The third kappa shape index (κ3) is 5.22. The first kappa shape index (κ1) is 25.6. The summed E-state index contributed by atoms with van der Waals surface area (Å²) in [6, 6.07) is 28.4. The molecule has 1 saturated heterocycles. The Bertz CT molecular complexity index is 1080. The number of alkyl halides is 2. The molecule has 0 aliphatic carbocycles. The second-order valence-corrected chi connectivity index (χ2v) is 15.3. The highest BCUT2D eigenvalue weighted by Gasteiger charge is 2.56. The van der Waals surface area contributed by atoms with Crippen molar-refractivity contribution in [3.05, 3.63) is 96.6 Å². The molecule has 0 spiro atoms. The zero-order valence-corrected chi connectivity index (χ0v) is 21.9. The van der Waals surface area contributed by atoms with E-state index in [9.17, 15) is 13.6 Å². The number of benzene rings is 3. The molecule has 3 aromatic rings. The first-order chi connectivity index (χ1) is 16.6. The van der Waals surface area contributed by atoms with E-state index < -0.39 is 37.3 Å². The van der Waals surface area contributed by atoms with E-state index in [1.54, 1.807) is 30.3 Å². The van der Waals surface area contributed by atoms with Gasteiger partial charge in [-0.05, 0) is 27.5 Å². The minimum atomic E-state index is -3.13. The predicted molar refractivity (Wildman–Crippen MR) is 140 cm³/mol. The molecule has 184 valence electrons. The van der Waals surface area contributed by atoms with Crippen LogP contribution in [0.1, 0.15) is 31.1 Å². The van der Waals surface area contributed by atoms with Crippen molar-refractivity contribution < 1.29 is 22.7 Å². The van der Waals surface area contributed by atoms with Gasteiger partial charge in [0.2, 0.25) is 0 Å². The van der Waals surface area contributed by atoms with Gasteiger partial charge in [-0.2, -0.15) is 0 Å². The molecule has 0 radical (unpaired) electrons. The van der Waals surface area contributed by atoms with Gasteiger partial charge in [0, 0.05) is 0 Å². The van der Waals surface area contributed by atoms with E-state index in [1.165, 1.54) is 0 Å². The minimum Gasteiger partial charge on any atom is -0.451 e. The molecule has 3 nitrogen and oxygen atoms in total. The number of hydrogen-bond donors (Lipinski definition) is 0. The molecule has 1 aliphatic rings. The number of esters is 1. The van der Waals surface area contributed by atoms with Crippen LogP contribution < -0.4 is 10.4 Å². The predicted octanol–water partition coefficient (Wildman–Crippen LogP) is 5.54. The Balaban J connectivity index is 1.66. The Hall–Kier alpha value is -2.48. The van der Waals surface area contributed by atoms with Crippen molar-refractivity contribution in [2.24, 2.45) is 0 Å². The van der Waals surface area contributed by atoms with E-state index in [1.807, 2.05) is 36.4 Å².